The van der Waals surface area contributed by atoms with Gasteiger partial charge in [-0.2, -0.15) is 4.98 Å². The lowest BCUT2D eigenvalue weighted by molar-refractivity contribution is 0.197. The maximum atomic E-state index is 5.40. The summed E-state index contributed by atoms with van der Waals surface area (Å²) in [6.07, 6.45) is 2.65. The normalized spacial score (nSPS) is 15.7. The largest absolute Gasteiger partial charge is 0.493 e. The van der Waals surface area contributed by atoms with E-state index in [1.165, 1.54) is 12.8 Å². The molecule has 6 heteroatoms. The van der Waals surface area contributed by atoms with E-state index in [4.69, 9.17) is 14.0 Å². The molecule has 0 bridgehead atoms. The second-order valence-electron chi connectivity index (χ2n) is 6.07. The van der Waals surface area contributed by atoms with Gasteiger partial charge >= 0.3 is 0 Å². The average Bonchev–Trinajstić information content (AvgIpc) is 3.32. The molecule has 1 atom stereocenters. The molecule has 124 valence electrons. The van der Waals surface area contributed by atoms with Gasteiger partial charge in [-0.3, -0.25) is 4.90 Å². The van der Waals surface area contributed by atoms with Crippen molar-refractivity contribution in [2.45, 2.75) is 32.4 Å². The fourth-order valence-corrected chi connectivity index (χ4v) is 2.71. The highest BCUT2D eigenvalue weighted by atomic mass is 16.5. The third-order valence-corrected chi connectivity index (χ3v) is 4.49. The van der Waals surface area contributed by atoms with Gasteiger partial charge in [-0.15, -0.1) is 0 Å². The number of rotatable bonds is 7. The van der Waals surface area contributed by atoms with Crippen molar-refractivity contribution in [3.05, 3.63) is 24.1 Å². The molecule has 6 nitrogen and oxygen atoms in total. The summed E-state index contributed by atoms with van der Waals surface area (Å²) >= 11 is 0. The van der Waals surface area contributed by atoms with Gasteiger partial charge in [0.25, 0.3) is 0 Å². The number of benzene rings is 1. The van der Waals surface area contributed by atoms with Crippen LogP contribution in [-0.2, 0) is 6.54 Å². The number of hydrogen-bond acceptors (Lipinski definition) is 6. The summed E-state index contributed by atoms with van der Waals surface area (Å²) in [6, 6.07) is 6.13. The smallest absolute Gasteiger partial charge is 0.241 e. The molecule has 1 aromatic carbocycles. The average molecular weight is 317 g/mol. The Hall–Kier alpha value is -2.08. The molecular formula is C17H23N3O3. The molecule has 23 heavy (non-hydrogen) atoms. The van der Waals surface area contributed by atoms with Gasteiger partial charge < -0.3 is 14.0 Å². The van der Waals surface area contributed by atoms with Crippen molar-refractivity contribution in [1.29, 1.82) is 0 Å². The summed E-state index contributed by atoms with van der Waals surface area (Å²) in [5, 5.41) is 4.08. The Kier molecular flexibility index (Phi) is 4.52. The highest BCUT2D eigenvalue weighted by Crippen LogP contribution is 2.35. The Morgan fingerprint density at radius 3 is 2.65 bits per heavy atom. The monoisotopic (exact) mass is 317 g/mol. The van der Waals surface area contributed by atoms with Crippen LogP contribution in [0.2, 0.25) is 0 Å². The maximum absolute atomic E-state index is 5.40. The molecule has 1 fully saturated rings. The van der Waals surface area contributed by atoms with Gasteiger partial charge in [0.15, 0.2) is 11.5 Å². The van der Waals surface area contributed by atoms with Crippen molar-refractivity contribution in [1.82, 2.24) is 15.0 Å². The molecule has 1 heterocycles. The van der Waals surface area contributed by atoms with Gasteiger partial charge in [0.1, 0.15) is 0 Å². The number of aromatic nitrogens is 2. The minimum Gasteiger partial charge on any atom is -0.493 e. The van der Waals surface area contributed by atoms with E-state index in [2.05, 4.69) is 29.0 Å². The summed E-state index contributed by atoms with van der Waals surface area (Å²) in [4.78, 5) is 6.77. The maximum Gasteiger partial charge on any atom is 0.241 e. The van der Waals surface area contributed by atoms with E-state index < -0.39 is 0 Å². The van der Waals surface area contributed by atoms with E-state index in [0.29, 0.717) is 35.8 Å². The topological polar surface area (TPSA) is 60.6 Å². The zero-order valence-electron chi connectivity index (χ0n) is 14.1. The van der Waals surface area contributed by atoms with Crippen LogP contribution in [0, 0.1) is 5.92 Å². The molecule has 1 saturated carbocycles. The fraction of sp³-hybridized carbons (Fsp3) is 0.529. The Morgan fingerprint density at radius 1 is 1.26 bits per heavy atom. The van der Waals surface area contributed by atoms with Crippen molar-refractivity contribution in [3.63, 3.8) is 0 Å². The minimum absolute atomic E-state index is 0.548. The predicted octanol–water partition coefficient (Wildman–Crippen LogP) is 2.98. The lowest BCUT2D eigenvalue weighted by Gasteiger charge is -2.22. The summed E-state index contributed by atoms with van der Waals surface area (Å²) in [7, 11) is 5.32. The van der Waals surface area contributed by atoms with E-state index in [0.717, 1.165) is 11.5 Å². The second kappa shape index (κ2) is 6.58. The van der Waals surface area contributed by atoms with E-state index in [1.54, 1.807) is 14.2 Å². The first-order valence-electron chi connectivity index (χ1n) is 7.87. The summed E-state index contributed by atoms with van der Waals surface area (Å²) in [5.74, 6) is 3.33. The van der Waals surface area contributed by atoms with E-state index in [1.807, 2.05) is 18.2 Å². The van der Waals surface area contributed by atoms with Crippen LogP contribution in [0.25, 0.3) is 11.4 Å². The van der Waals surface area contributed by atoms with Crippen molar-refractivity contribution < 1.29 is 14.0 Å². The summed E-state index contributed by atoms with van der Waals surface area (Å²) in [5.41, 5.74) is 0.843. The molecule has 0 N–H and O–H groups in total. The van der Waals surface area contributed by atoms with Gasteiger partial charge in [-0.1, -0.05) is 5.16 Å². The van der Waals surface area contributed by atoms with Crippen LogP contribution in [0.15, 0.2) is 22.7 Å². The van der Waals surface area contributed by atoms with Gasteiger partial charge in [-0.25, -0.2) is 0 Å². The fourth-order valence-electron chi connectivity index (χ4n) is 2.71. The van der Waals surface area contributed by atoms with Gasteiger partial charge in [0.2, 0.25) is 11.7 Å². The van der Waals surface area contributed by atoms with Gasteiger partial charge in [0.05, 0.1) is 20.8 Å². The zero-order valence-corrected chi connectivity index (χ0v) is 14.1. The second-order valence-corrected chi connectivity index (χ2v) is 6.07. The lowest BCUT2D eigenvalue weighted by atomic mass is 10.2. The first kappa shape index (κ1) is 15.8. The molecule has 2 aromatic rings. The van der Waals surface area contributed by atoms with Crippen molar-refractivity contribution in [2.24, 2.45) is 5.92 Å². The third-order valence-electron chi connectivity index (χ3n) is 4.49. The Morgan fingerprint density at radius 2 is 2.00 bits per heavy atom. The molecule has 1 unspecified atom stereocenters. The van der Waals surface area contributed by atoms with Gasteiger partial charge in [0, 0.05) is 11.6 Å². The SMILES string of the molecule is COc1ccc(-c2noc(CN(C)C(C)C3CC3)n2)cc1OC. The zero-order chi connectivity index (χ0) is 16.4. The molecule has 0 amide bonds. The number of nitrogens with zero attached hydrogens (tertiary/aromatic N) is 3. The third kappa shape index (κ3) is 3.47. The molecular weight excluding hydrogens is 294 g/mol. The molecule has 0 aliphatic heterocycles. The molecule has 1 aromatic heterocycles. The quantitative estimate of drug-likeness (QED) is 0.782. The van der Waals surface area contributed by atoms with Crippen LogP contribution in [0.1, 0.15) is 25.7 Å². The van der Waals surface area contributed by atoms with E-state index in [9.17, 15) is 0 Å². The Bertz CT molecular complexity index is 667. The van der Waals surface area contributed by atoms with Crippen LogP contribution in [0.3, 0.4) is 0 Å². The number of methoxy groups -OCH3 is 2. The summed E-state index contributed by atoms with van der Waals surface area (Å²) < 4.78 is 16.0. The van der Waals surface area contributed by atoms with E-state index in [-0.39, 0.29) is 0 Å². The van der Waals surface area contributed by atoms with Crippen molar-refractivity contribution >= 4 is 0 Å². The highest BCUT2D eigenvalue weighted by molar-refractivity contribution is 5.60. The standard InChI is InChI=1S/C17H23N3O3/c1-11(12-5-6-12)20(2)10-16-18-17(19-23-16)13-7-8-14(21-3)15(9-13)22-4/h7-9,11-12H,5-6,10H2,1-4H3. The summed E-state index contributed by atoms with van der Waals surface area (Å²) in [6.45, 7) is 2.92. The first-order chi connectivity index (χ1) is 11.1. The van der Waals surface area contributed by atoms with Crippen LogP contribution < -0.4 is 9.47 Å². The Balaban J connectivity index is 1.73. The number of ether oxygens (including phenoxy) is 2. The first-order valence-corrected chi connectivity index (χ1v) is 7.87. The lowest BCUT2D eigenvalue weighted by Crippen LogP contribution is -2.30. The number of hydrogen-bond donors (Lipinski definition) is 0. The van der Waals surface area contributed by atoms with Crippen molar-refractivity contribution in [3.8, 4) is 22.9 Å². The van der Waals surface area contributed by atoms with Crippen LogP contribution in [0.4, 0.5) is 0 Å². The van der Waals surface area contributed by atoms with E-state index >= 15 is 0 Å². The minimum atomic E-state index is 0.548. The molecule has 3 rings (SSSR count). The molecule has 1 aliphatic carbocycles. The van der Waals surface area contributed by atoms with Crippen LogP contribution in [-0.4, -0.2) is 42.3 Å². The molecule has 0 saturated heterocycles. The Labute approximate surface area is 136 Å². The van der Waals surface area contributed by atoms with Gasteiger partial charge in [-0.05, 0) is 50.9 Å². The predicted molar refractivity (Wildman–Crippen MR) is 86.5 cm³/mol. The molecule has 0 spiro atoms. The van der Waals surface area contributed by atoms with Crippen molar-refractivity contribution in [2.75, 3.05) is 21.3 Å². The molecule has 0 radical (unpaired) electrons. The highest BCUT2D eigenvalue weighted by Gasteiger charge is 2.31. The van der Waals surface area contributed by atoms with Crippen LogP contribution in [0.5, 0.6) is 11.5 Å². The molecule has 1 aliphatic rings. The van der Waals surface area contributed by atoms with Crippen LogP contribution >= 0.6 is 0 Å².